The Kier molecular flexibility index (Phi) is 4.63. The van der Waals surface area contributed by atoms with E-state index in [2.05, 4.69) is 4.52 Å². The van der Waals surface area contributed by atoms with Crippen molar-refractivity contribution in [3.8, 4) is 11.1 Å². The van der Waals surface area contributed by atoms with Gasteiger partial charge in [0.1, 0.15) is 0 Å². The van der Waals surface area contributed by atoms with E-state index in [1.54, 1.807) is 0 Å². The average Bonchev–Trinajstić information content (AvgIpc) is 2.39. The van der Waals surface area contributed by atoms with Gasteiger partial charge in [0.15, 0.2) is 0 Å². The first-order valence-corrected chi connectivity index (χ1v) is 6.85. The van der Waals surface area contributed by atoms with Crippen LogP contribution in [0.15, 0.2) is 54.6 Å². The van der Waals surface area contributed by atoms with Gasteiger partial charge in [-0.1, -0.05) is 54.6 Å². The minimum absolute atomic E-state index is 0.00498. The van der Waals surface area contributed by atoms with E-state index in [1.165, 1.54) is 0 Å². The van der Waals surface area contributed by atoms with E-state index >= 15 is 0 Å². The molecule has 0 fully saturated rings. The molecule has 0 aliphatic carbocycles. The second-order valence-corrected chi connectivity index (χ2v) is 4.60. The van der Waals surface area contributed by atoms with Crippen LogP contribution in [0.25, 0.3) is 11.1 Å². The van der Waals surface area contributed by atoms with E-state index in [1.807, 2.05) is 54.6 Å². The third-order valence-electron chi connectivity index (χ3n) is 2.62. The number of hydrogen-bond acceptors (Lipinski definition) is 4. The summed E-state index contributed by atoms with van der Waals surface area (Å²) in [7, 11) is -2.65. The summed E-state index contributed by atoms with van der Waals surface area (Å²) in [5.41, 5.74) is 2.72. The molecule has 2 N–H and O–H groups in total. The Balaban J connectivity index is 2.25. The normalized spacial score (nSPS) is 10.5. The number of benzene rings is 2. The lowest BCUT2D eigenvalue weighted by molar-refractivity contribution is -0.134. The number of carbonyl (C=O) groups is 1. The fourth-order valence-corrected chi connectivity index (χ4v) is 2.10. The van der Waals surface area contributed by atoms with Gasteiger partial charge in [0, 0.05) is 0 Å². The molecule has 0 radical (unpaired) electrons. The fraction of sp³-hybridized carbons (Fsp3) is 0.0714. The molecule has 0 aliphatic heterocycles. The summed E-state index contributed by atoms with van der Waals surface area (Å²) in [5.74, 6) is -0.653. The number of hydrogen-bond donors (Lipinski definition) is 2. The van der Waals surface area contributed by atoms with Crippen molar-refractivity contribution in [2.75, 3.05) is 0 Å². The topological polar surface area (TPSA) is 66.8 Å². The first-order chi connectivity index (χ1) is 9.16. The summed E-state index contributed by atoms with van der Waals surface area (Å²) in [6.45, 7) is 0. The summed E-state index contributed by atoms with van der Waals surface area (Å²) in [4.78, 5) is 28.8. The molecule has 0 spiro atoms. The zero-order valence-corrected chi connectivity index (χ0v) is 11.0. The van der Waals surface area contributed by atoms with Crippen LogP contribution in [-0.4, -0.2) is 15.8 Å². The first-order valence-electron chi connectivity index (χ1n) is 5.69. The summed E-state index contributed by atoms with van der Waals surface area (Å²) in [5, 5.41) is 0. The predicted octanol–water partition coefficient (Wildman–Crippen LogP) is 2.65. The van der Waals surface area contributed by atoms with Crippen molar-refractivity contribution in [3.05, 3.63) is 60.2 Å². The van der Waals surface area contributed by atoms with Crippen LogP contribution in [0.3, 0.4) is 0 Å². The molecule has 2 aromatic carbocycles. The molecule has 19 heavy (non-hydrogen) atoms. The van der Waals surface area contributed by atoms with Gasteiger partial charge in [-0.05, 0) is 16.7 Å². The summed E-state index contributed by atoms with van der Waals surface area (Å²) < 4.78 is 4.38. The Morgan fingerprint density at radius 1 is 1.00 bits per heavy atom. The number of rotatable bonds is 4. The van der Waals surface area contributed by atoms with Crippen molar-refractivity contribution >= 4 is 14.6 Å². The van der Waals surface area contributed by atoms with Crippen molar-refractivity contribution in [2.24, 2.45) is 0 Å². The lowest BCUT2D eigenvalue weighted by Crippen LogP contribution is -2.05. The average molecular weight is 276 g/mol. The van der Waals surface area contributed by atoms with Gasteiger partial charge in [0.2, 0.25) is 0 Å². The summed E-state index contributed by atoms with van der Waals surface area (Å²) in [6.07, 6.45) is 0.00498. The van der Waals surface area contributed by atoms with Crippen molar-refractivity contribution in [2.45, 2.75) is 6.42 Å². The standard InChI is InChI=1S/C14H13O4P/c15-14(18-19(16)17)10-12-8-4-5-9-13(12)11-6-2-1-3-7-11/h1-9,16-17H,10H2. The van der Waals surface area contributed by atoms with Gasteiger partial charge in [-0.25, -0.2) is 0 Å². The van der Waals surface area contributed by atoms with Crippen LogP contribution >= 0.6 is 8.60 Å². The Bertz CT molecular complexity index is 554. The maximum absolute atomic E-state index is 11.5. The van der Waals surface area contributed by atoms with Gasteiger partial charge >= 0.3 is 14.6 Å². The number of carbonyl (C=O) groups excluding carboxylic acids is 1. The van der Waals surface area contributed by atoms with E-state index in [-0.39, 0.29) is 6.42 Å². The highest BCUT2D eigenvalue weighted by Gasteiger charge is 2.13. The van der Waals surface area contributed by atoms with Crippen LogP contribution < -0.4 is 0 Å². The van der Waals surface area contributed by atoms with Crippen molar-refractivity contribution < 1.29 is 19.1 Å². The summed E-state index contributed by atoms with van der Waals surface area (Å²) in [6, 6.07) is 17.1. The Hall–Kier alpha value is -1.74. The van der Waals surface area contributed by atoms with Crippen LogP contribution in [0, 0.1) is 0 Å². The lowest BCUT2D eigenvalue weighted by Gasteiger charge is -2.09. The molecule has 0 atom stereocenters. The smallest absolute Gasteiger partial charge is 0.393 e. The fourth-order valence-electron chi connectivity index (χ4n) is 1.85. The quantitative estimate of drug-likeness (QED) is 0.842. The predicted molar refractivity (Wildman–Crippen MR) is 73.0 cm³/mol. The minimum atomic E-state index is -2.65. The second kappa shape index (κ2) is 6.43. The first kappa shape index (κ1) is 13.7. The molecule has 2 aromatic rings. The van der Waals surface area contributed by atoms with Gasteiger partial charge in [-0.3, -0.25) is 4.79 Å². The van der Waals surface area contributed by atoms with Crippen LogP contribution in [0.5, 0.6) is 0 Å². The van der Waals surface area contributed by atoms with Crippen molar-refractivity contribution in [1.82, 2.24) is 0 Å². The van der Waals surface area contributed by atoms with Crippen LogP contribution in [0.4, 0.5) is 0 Å². The molecule has 0 heterocycles. The van der Waals surface area contributed by atoms with Crippen LogP contribution in [0.2, 0.25) is 0 Å². The van der Waals surface area contributed by atoms with Gasteiger partial charge in [0.05, 0.1) is 6.42 Å². The van der Waals surface area contributed by atoms with E-state index in [0.717, 1.165) is 16.7 Å². The minimum Gasteiger partial charge on any atom is -0.394 e. The molecular formula is C14H13O4P. The van der Waals surface area contributed by atoms with Gasteiger partial charge < -0.3 is 14.3 Å². The maximum atomic E-state index is 11.5. The largest absolute Gasteiger partial charge is 0.394 e. The Morgan fingerprint density at radius 2 is 1.63 bits per heavy atom. The lowest BCUT2D eigenvalue weighted by atomic mass is 9.98. The Morgan fingerprint density at radius 3 is 2.32 bits per heavy atom. The SMILES string of the molecule is O=C(Cc1ccccc1-c1ccccc1)OP(O)O. The van der Waals surface area contributed by atoms with Crippen LogP contribution in [-0.2, 0) is 15.7 Å². The molecule has 4 nitrogen and oxygen atoms in total. The zero-order chi connectivity index (χ0) is 13.7. The molecule has 0 bridgehead atoms. The molecule has 0 saturated heterocycles. The van der Waals surface area contributed by atoms with E-state index in [9.17, 15) is 4.79 Å². The highest BCUT2D eigenvalue weighted by Crippen LogP contribution is 2.28. The molecule has 2 rings (SSSR count). The van der Waals surface area contributed by atoms with E-state index in [0.29, 0.717) is 0 Å². The van der Waals surface area contributed by atoms with E-state index in [4.69, 9.17) is 9.79 Å². The Labute approximate surface area is 112 Å². The maximum Gasteiger partial charge on any atom is 0.393 e. The van der Waals surface area contributed by atoms with Gasteiger partial charge in [0.25, 0.3) is 0 Å². The third-order valence-corrected chi connectivity index (χ3v) is 2.99. The third kappa shape index (κ3) is 3.86. The molecule has 0 unspecified atom stereocenters. The zero-order valence-electron chi connectivity index (χ0n) is 10.1. The molecule has 0 aliphatic rings. The molecule has 5 heteroatoms. The molecule has 0 saturated carbocycles. The highest BCUT2D eigenvalue weighted by molar-refractivity contribution is 7.40. The molecule has 0 amide bonds. The molecular weight excluding hydrogens is 263 g/mol. The molecule has 0 aromatic heterocycles. The van der Waals surface area contributed by atoms with Crippen molar-refractivity contribution in [3.63, 3.8) is 0 Å². The van der Waals surface area contributed by atoms with Gasteiger partial charge in [-0.2, -0.15) is 0 Å². The molecule has 98 valence electrons. The van der Waals surface area contributed by atoms with Crippen molar-refractivity contribution in [1.29, 1.82) is 0 Å². The monoisotopic (exact) mass is 276 g/mol. The van der Waals surface area contributed by atoms with E-state index < -0.39 is 14.6 Å². The van der Waals surface area contributed by atoms with Gasteiger partial charge in [-0.15, -0.1) is 0 Å². The van der Waals surface area contributed by atoms with Crippen LogP contribution in [0.1, 0.15) is 5.56 Å². The highest BCUT2D eigenvalue weighted by atomic mass is 31.2. The second-order valence-electron chi connectivity index (χ2n) is 3.92. The summed E-state index contributed by atoms with van der Waals surface area (Å²) >= 11 is 0.